The van der Waals surface area contributed by atoms with Crippen molar-refractivity contribution < 1.29 is 9.53 Å². The quantitative estimate of drug-likeness (QED) is 0.889. The zero-order valence-corrected chi connectivity index (χ0v) is 13.0. The van der Waals surface area contributed by atoms with Gasteiger partial charge in [0.15, 0.2) is 0 Å². The summed E-state index contributed by atoms with van der Waals surface area (Å²) in [6, 6.07) is 12.4. The molecule has 0 heterocycles. The normalized spacial score (nSPS) is 10.2. The fraction of sp³-hybridized carbons (Fsp3) is 0.188. The third kappa shape index (κ3) is 4.13. The molecule has 2 aromatic carbocycles. The number of hydrogen-bond acceptors (Lipinski definition) is 2. The standard InChI is InChI=1S/C16H15Cl2NO2/c1-2-19-16(20)12-5-3-4-6-15(12)21-10-11-7-8-13(17)14(18)9-11/h3-9H,2,10H2,1H3,(H,19,20). The first kappa shape index (κ1) is 15.7. The number of carbonyl (C=O) groups excluding carboxylic acids is 1. The van der Waals surface area contributed by atoms with Gasteiger partial charge < -0.3 is 10.1 Å². The molecule has 0 saturated carbocycles. The number of hydrogen-bond donors (Lipinski definition) is 1. The van der Waals surface area contributed by atoms with Gasteiger partial charge in [-0.25, -0.2) is 0 Å². The van der Waals surface area contributed by atoms with Gasteiger partial charge in [0.2, 0.25) is 0 Å². The van der Waals surface area contributed by atoms with Crippen molar-refractivity contribution in [3.05, 3.63) is 63.6 Å². The molecule has 0 radical (unpaired) electrons. The van der Waals surface area contributed by atoms with E-state index in [0.717, 1.165) is 5.56 Å². The number of halogens is 2. The van der Waals surface area contributed by atoms with Crippen LogP contribution in [0.4, 0.5) is 0 Å². The van der Waals surface area contributed by atoms with Crippen LogP contribution >= 0.6 is 23.2 Å². The number of nitrogens with one attached hydrogen (secondary N) is 1. The van der Waals surface area contributed by atoms with Gasteiger partial charge in [-0.15, -0.1) is 0 Å². The number of rotatable bonds is 5. The maximum Gasteiger partial charge on any atom is 0.255 e. The van der Waals surface area contributed by atoms with Crippen LogP contribution in [0.3, 0.4) is 0 Å². The summed E-state index contributed by atoms with van der Waals surface area (Å²) in [6.07, 6.45) is 0. The molecule has 0 saturated heterocycles. The average Bonchev–Trinajstić information content (AvgIpc) is 2.49. The average molecular weight is 324 g/mol. The van der Waals surface area contributed by atoms with Crippen molar-refractivity contribution in [2.45, 2.75) is 13.5 Å². The van der Waals surface area contributed by atoms with Gasteiger partial charge in [0.1, 0.15) is 12.4 Å². The van der Waals surface area contributed by atoms with Crippen LogP contribution in [0.25, 0.3) is 0 Å². The van der Waals surface area contributed by atoms with Crippen LogP contribution in [-0.2, 0) is 6.61 Å². The second kappa shape index (κ2) is 7.34. The molecule has 0 unspecified atom stereocenters. The summed E-state index contributed by atoms with van der Waals surface area (Å²) < 4.78 is 5.72. The summed E-state index contributed by atoms with van der Waals surface area (Å²) in [4.78, 5) is 11.9. The second-order valence-electron chi connectivity index (χ2n) is 4.39. The summed E-state index contributed by atoms with van der Waals surface area (Å²) in [5.41, 5.74) is 1.40. The van der Waals surface area contributed by atoms with Gasteiger partial charge in [0.05, 0.1) is 15.6 Å². The van der Waals surface area contributed by atoms with E-state index in [-0.39, 0.29) is 5.91 Å². The Labute approximate surface area is 133 Å². The number of ether oxygens (including phenoxy) is 1. The van der Waals surface area contributed by atoms with E-state index in [1.165, 1.54) is 0 Å². The highest BCUT2D eigenvalue weighted by Crippen LogP contribution is 2.24. The first-order chi connectivity index (χ1) is 10.1. The van der Waals surface area contributed by atoms with Gasteiger partial charge in [-0.1, -0.05) is 41.4 Å². The van der Waals surface area contributed by atoms with Crippen molar-refractivity contribution in [1.82, 2.24) is 5.32 Å². The maximum absolute atomic E-state index is 11.9. The largest absolute Gasteiger partial charge is 0.488 e. The third-order valence-corrected chi connectivity index (χ3v) is 3.59. The van der Waals surface area contributed by atoms with E-state index in [9.17, 15) is 4.79 Å². The first-order valence-corrected chi connectivity index (χ1v) is 7.31. The Morgan fingerprint density at radius 2 is 1.90 bits per heavy atom. The van der Waals surface area contributed by atoms with Crippen molar-refractivity contribution in [2.24, 2.45) is 0 Å². The molecule has 5 heteroatoms. The zero-order valence-electron chi connectivity index (χ0n) is 11.5. The minimum Gasteiger partial charge on any atom is -0.488 e. The molecule has 21 heavy (non-hydrogen) atoms. The summed E-state index contributed by atoms with van der Waals surface area (Å²) >= 11 is 11.8. The van der Waals surface area contributed by atoms with Gasteiger partial charge in [0.25, 0.3) is 5.91 Å². The van der Waals surface area contributed by atoms with E-state index >= 15 is 0 Å². The zero-order chi connectivity index (χ0) is 15.2. The van der Waals surface area contributed by atoms with Gasteiger partial charge in [0, 0.05) is 6.54 Å². The molecule has 0 bridgehead atoms. The Morgan fingerprint density at radius 3 is 2.62 bits per heavy atom. The van der Waals surface area contributed by atoms with Crippen molar-refractivity contribution in [3.63, 3.8) is 0 Å². The molecule has 0 aromatic heterocycles. The van der Waals surface area contributed by atoms with Crippen LogP contribution in [0.2, 0.25) is 10.0 Å². The molecule has 0 spiro atoms. The Hall–Kier alpha value is -1.71. The van der Waals surface area contributed by atoms with E-state index in [1.54, 1.807) is 30.3 Å². The molecule has 2 aromatic rings. The number of benzene rings is 2. The van der Waals surface area contributed by atoms with E-state index < -0.39 is 0 Å². The summed E-state index contributed by atoms with van der Waals surface area (Å²) in [7, 11) is 0. The van der Waals surface area contributed by atoms with Crippen LogP contribution in [0.5, 0.6) is 5.75 Å². The molecule has 2 rings (SSSR count). The monoisotopic (exact) mass is 323 g/mol. The lowest BCUT2D eigenvalue weighted by Gasteiger charge is -2.11. The van der Waals surface area contributed by atoms with Crippen molar-refractivity contribution in [2.75, 3.05) is 6.54 Å². The SMILES string of the molecule is CCNC(=O)c1ccccc1OCc1ccc(Cl)c(Cl)c1. The topological polar surface area (TPSA) is 38.3 Å². The van der Waals surface area contributed by atoms with E-state index in [1.807, 2.05) is 19.1 Å². The molecular formula is C16H15Cl2NO2. The fourth-order valence-electron chi connectivity index (χ4n) is 1.83. The molecule has 0 aliphatic carbocycles. The van der Waals surface area contributed by atoms with Gasteiger partial charge in [-0.05, 0) is 36.8 Å². The molecular weight excluding hydrogens is 309 g/mol. The van der Waals surface area contributed by atoms with Crippen molar-refractivity contribution in [1.29, 1.82) is 0 Å². The van der Waals surface area contributed by atoms with Crippen LogP contribution in [-0.4, -0.2) is 12.5 Å². The summed E-state index contributed by atoms with van der Waals surface area (Å²) in [6.45, 7) is 2.75. The van der Waals surface area contributed by atoms with E-state index in [4.69, 9.17) is 27.9 Å². The smallest absolute Gasteiger partial charge is 0.255 e. The Morgan fingerprint density at radius 1 is 1.14 bits per heavy atom. The van der Waals surface area contributed by atoms with E-state index in [2.05, 4.69) is 5.32 Å². The number of amides is 1. The molecule has 0 aliphatic heterocycles. The number of para-hydroxylation sites is 1. The van der Waals surface area contributed by atoms with Gasteiger partial charge in [-0.3, -0.25) is 4.79 Å². The second-order valence-corrected chi connectivity index (χ2v) is 5.21. The van der Waals surface area contributed by atoms with Crippen molar-refractivity contribution in [3.8, 4) is 5.75 Å². The van der Waals surface area contributed by atoms with Crippen LogP contribution < -0.4 is 10.1 Å². The highest BCUT2D eigenvalue weighted by molar-refractivity contribution is 6.42. The molecule has 1 amide bonds. The minimum absolute atomic E-state index is 0.151. The fourth-order valence-corrected chi connectivity index (χ4v) is 2.15. The lowest BCUT2D eigenvalue weighted by atomic mass is 10.2. The molecule has 110 valence electrons. The molecule has 0 aliphatic rings. The molecule has 3 nitrogen and oxygen atoms in total. The lowest BCUT2D eigenvalue weighted by Crippen LogP contribution is -2.23. The van der Waals surface area contributed by atoms with Crippen LogP contribution in [0.1, 0.15) is 22.8 Å². The van der Waals surface area contributed by atoms with Gasteiger partial charge >= 0.3 is 0 Å². The van der Waals surface area contributed by atoms with Gasteiger partial charge in [-0.2, -0.15) is 0 Å². The van der Waals surface area contributed by atoms with Crippen LogP contribution in [0.15, 0.2) is 42.5 Å². The Bertz CT molecular complexity index is 644. The molecule has 0 atom stereocenters. The summed E-state index contributed by atoms with van der Waals surface area (Å²) in [5.74, 6) is 0.386. The summed E-state index contributed by atoms with van der Waals surface area (Å²) in [5, 5.41) is 3.74. The number of carbonyl (C=O) groups is 1. The predicted molar refractivity (Wildman–Crippen MR) is 85.2 cm³/mol. The maximum atomic E-state index is 11.9. The van der Waals surface area contributed by atoms with Crippen LogP contribution in [0, 0.1) is 0 Å². The minimum atomic E-state index is -0.151. The third-order valence-electron chi connectivity index (χ3n) is 2.85. The van der Waals surface area contributed by atoms with Crippen molar-refractivity contribution >= 4 is 29.1 Å². The van der Waals surface area contributed by atoms with E-state index in [0.29, 0.717) is 34.5 Å². The highest BCUT2D eigenvalue weighted by Gasteiger charge is 2.11. The Balaban J connectivity index is 2.12. The lowest BCUT2D eigenvalue weighted by molar-refractivity contribution is 0.0951. The molecule has 1 N–H and O–H groups in total. The molecule has 0 fully saturated rings. The predicted octanol–water partition coefficient (Wildman–Crippen LogP) is 4.32. The Kier molecular flexibility index (Phi) is 5.48. The highest BCUT2D eigenvalue weighted by atomic mass is 35.5. The first-order valence-electron chi connectivity index (χ1n) is 6.55.